The maximum Gasteiger partial charge on any atom is 0.303 e. The highest BCUT2D eigenvalue weighted by Crippen LogP contribution is 2.43. The van der Waals surface area contributed by atoms with Crippen molar-refractivity contribution in [2.45, 2.75) is 52.5 Å². The average molecular weight is 256 g/mol. The van der Waals surface area contributed by atoms with Crippen LogP contribution in [0.5, 0.6) is 0 Å². The molecular weight excluding hydrogens is 232 g/mol. The Labute approximate surface area is 108 Å². The first kappa shape index (κ1) is 15.0. The van der Waals surface area contributed by atoms with E-state index in [2.05, 4.69) is 5.32 Å². The summed E-state index contributed by atoms with van der Waals surface area (Å²) in [6, 6.07) is -0.570. The van der Waals surface area contributed by atoms with Crippen molar-refractivity contribution in [3.05, 3.63) is 0 Å². The van der Waals surface area contributed by atoms with Crippen molar-refractivity contribution in [3.63, 3.8) is 0 Å². The molecule has 4 N–H and O–H groups in total. The molecule has 1 saturated carbocycles. The molecule has 0 unspecified atom stereocenters. The van der Waals surface area contributed by atoms with Crippen LogP contribution in [0.1, 0.15) is 46.5 Å². The fourth-order valence-corrected chi connectivity index (χ4v) is 2.19. The highest BCUT2D eigenvalue weighted by atomic mass is 16.4. The number of carboxylic acids is 1. The number of carbonyl (C=O) groups is 2. The van der Waals surface area contributed by atoms with Gasteiger partial charge in [0.2, 0.25) is 5.91 Å². The Morgan fingerprint density at radius 1 is 1.39 bits per heavy atom. The van der Waals surface area contributed by atoms with Crippen LogP contribution in [0.3, 0.4) is 0 Å². The van der Waals surface area contributed by atoms with E-state index in [9.17, 15) is 9.59 Å². The second-order valence-electron chi connectivity index (χ2n) is 6.49. The van der Waals surface area contributed by atoms with E-state index in [0.717, 1.165) is 19.3 Å². The van der Waals surface area contributed by atoms with Gasteiger partial charge in [-0.3, -0.25) is 9.59 Å². The van der Waals surface area contributed by atoms with Crippen molar-refractivity contribution < 1.29 is 14.7 Å². The van der Waals surface area contributed by atoms with Crippen molar-refractivity contribution in [1.82, 2.24) is 5.32 Å². The Morgan fingerprint density at radius 3 is 2.28 bits per heavy atom. The first-order valence-corrected chi connectivity index (χ1v) is 6.41. The van der Waals surface area contributed by atoms with Gasteiger partial charge in [0.15, 0.2) is 0 Å². The molecule has 1 amide bonds. The number of nitrogens with two attached hydrogens (primary N) is 1. The van der Waals surface area contributed by atoms with Gasteiger partial charge in [0.1, 0.15) is 0 Å². The minimum atomic E-state index is -0.802. The van der Waals surface area contributed by atoms with Crippen molar-refractivity contribution in [1.29, 1.82) is 0 Å². The van der Waals surface area contributed by atoms with Gasteiger partial charge in [0.25, 0.3) is 0 Å². The van der Waals surface area contributed by atoms with E-state index in [0.29, 0.717) is 6.54 Å². The van der Waals surface area contributed by atoms with E-state index in [4.69, 9.17) is 10.8 Å². The SMILES string of the molecule is CC(C)(C)[C@@H](N)C(=O)NCC1(CC(=O)O)CCC1. The van der Waals surface area contributed by atoms with Gasteiger partial charge in [-0.2, -0.15) is 0 Å². The fourth-order valence-electron chi connectivity index (χ4n) is 2.19. The summed E-state index contributed by atoms with van der Waals surface area (Å²) >= 11 is 0. The molecule has 1 fully saturated rings. The lowest BCUT2D eigenvalue weighted by molar-refractivity contribution is -0.142. The minimum absolute atomic E-state index is 0.123. The fraction of sp³-hybridized carbons (Fsp3) is 0.846. The average Bonchev–Trinajstić information content (AvgIpc) is 2.18. The number of aliphatic carboxylic acids is 1. The molecule has 0 heterocycles. The van der Waals surface area contributed by atoms with Crippen LogP contribution in [-0.4, -0.2) is 29.6 Å². The Morgan fingerprint density at radius 2 is 1.94 bits per heavy atom. The highest BCUT2D eigenvalue weighted by molar-refractivity contribution is 5.82. The number of nitrogens with one attached hydrogen (secondary N) is 1. The largest absolute Gasteiger partial charge is 0.481 e. The lowest BCUT2D eigenvalue weighted by Gasteiger charge is -2.41. The lowest BCUT2D eigenvalue weighted by Crippen LogP contribution is -2.52. The molecule has 0 aromatic heterocycles. The molecule has 1 aliphatic carbocycles. The first-order chi connectivity index (χ1) is 8.16. The van der Waals surface area contributed by atoms with Crippen LogP contribution in [-0.2, 0) is 9.59 Å². The van der Waals surface area contributed by atoms with E-state index < -0.39 is 12.0 Å². The van der Waals surface area contributed by atoms with Gasteiger partial charge < -0.3 is 16.2 Å². The van der Waals surface area contributed by atoms with Crippen molar-refractivity contribution in [2.24, 2.45) is 16.6 Å². The van der Waals surface area contributed by atoms with Crippen molar-refractivity contribution in [2.75, 3.05) is 6.54 Å². The zero-order valence-electron chi connectivity index (χ0n) is 11.5. The monoisotopic (exact) mass is 256 g/mol. The van der Waals surface area contributed by atoms with Crippen LogP contribution >= 0.6 is 0 Å². The summed E-state index contributed by atoms with van der Waals surface area (Å²) in [5.74, 6) is -0.997. The summed E-state index contributed by atoms with van der Waals surface area (Å²) in [6.45, 7) is 6.15. The molecule has 0 bridgehead atoms. The predicted molar refractivity (Wildman–Crippen MR) is 69.0 cm³/mol. The zero-order valence-corrected chi connectivity index (χ0v) is 11.5. The smallest absolute Gasteiger partial charge is 0.303 e. The molecule has 5 nitrogen and oxygen atoms in total. The topological polar surface area (TPSA) is 92.4 Å². The van der Waals surface area contributed by atoms with Gasteiger partial charge in [-0.1, -0.05) is 27.2 Å². The third-order valence-electron chi connectivity index (χ3n) is 3.79. The van der Waals surface area contributed by atoms with E-state index in [-0.39, 0.29) is 23.2 Å². The number of carbonyl (C=O) groups excluding carboxylic acids is 1. The molecule has 5 heteroatoms. The molecular formula is C13H24N2O3. The molecule has 104 valence electrons. The third kappa shape index (κ3) is 3.70. The van der Waals surface area contributed by atoms with Crippen LogP contribution in [0.2, 0.25) is 0 Å². The molecule has 1 atom stereocenters. The Hall–Kier alpha value is -1.10. The van der Waals surface area contributed by atoms with Gasteiger partial charge in [0.05, 0.1) is 12.5 Å². The predicted octanol–water partition coefficient (Wildman–Crippen LogP) is 1.12. The van der Waals surface area contributed by atoms with Crippen molar-refractivity contribution in [3.8, 4) is 0 Å². The normalized spacial score (nSPS) is 19.8. The summed E-state index contributed by atoms with van der Waals surface area (Å²) in [4.78, 5) is 22.7. The summed E-state index contributed by atoms with van der Waals surface area (Å²) in [6.07, 6.45) is 2.89. The Balaban J connectivity index is 2.49. The quantitative estimate of drug-likeness (QED) is 0.687. The van der Waals surface area contributed by atoms with Gasteiger partial charge in [-0.25, -0.2) is 0 Å². The standard InChI is InChI=1S/C13H24N2O3/c1-12(2,3)10(14)11(18)15-8-13(5-4-6-13)7-9(16)17/h10H,4-8,14H2,1-3H3,(H,15,18)(H,16,17)/t10-/m0/s1. The number of hydrogen-bond acceptors (Lipinski definition) is 3. The molecule has 0 aromatic carbocycles. The summed E-state index contributed by atoms with van der Waals surface area (Å²) in [5, 5.41) is 11.7. The van der Waals surface area contributed by atoms with E-state index in [1.54, 1.807) is 0 Å². The first-order valence-electron chi connectivity index (χ1n) is 6.41. The molecule has 0 aromatic rings. The van der Waals surface area contributed by atoms with Crippen LogP contribution < -0.4 is 11.1 Å². The van der Waals surface area contributed by atoms with Crippen LogP contribution in [0.4, 0.5) is 0 Å². The second kappa shape index (κ2) is 5.26. The van der Waals surface area contributed by atoms with Gasteiger partial charge in [-0.05, 0) is 23.7 Å². The van der Waals surface area contributed by atoms with Gasteiger partial charge >= 0.3 is 5.97 Å². The number of carboxylic acid groups (broad SMARTS) is 1. The summed E-state index contributed by atoms with van der Waals surface area (Å²) in [5.41, 5.74) is 5.32. The Bertz CT molecular complexity index is 330. The lowest BCUT2D eigenvalue weighted by atomic mass is 9.66. The molecule has 18 heavy (non-hydrogen) atoms. The van der Waals surface area contributed by atoms with Crippen molar-refractivity contribution >= 4 is 11.9 Å². The maximum absolute atomic E-state index is 11.9. The number of rotatable bonds is 5. The van der Waals surface area contributed by atoms with Crippen LogP contribution in [0, 0.1) is 10.8 Å². The number of hydrogen-bond donors (Lipinski definition) is 3. The summed E-state index contributed by atoms with van der Waals surface area (Å²) in [7, 11) is 0. The maximum atomic E-state index is 11.9. The van der Waals surface area contributed by atoms with E-state index in [1.807, 2.05) is 20.8 Å². The van der Waals surface area contributed by atoms with Crippen LogP contribution in [0.25, 0.3) is 0 Å². The summed E-state index contributed by atoms with van der Waals surface area (Å²) < 4.78 is 0. The van der Waals surface area contributed by atoms with Gasteiger partial charge in [0, 0.05) is 6.54 Å². The third-order valence-corrected chi connectivity index (χ3v) is 3.79. The zero-order chi connectivity index (χ0) is 14.0. The molecule has 0 radical (unpaired) electrons. The van der Waals surface area contributed by atoms with E-state index in [1.165, 1.54) is 0 Å². The molecule has 1 rings (SSSR count). The highest BCUT2D eigenvalue weighted by Gasteiger charge is 2.40. The molecule has 0 saturated heterocycles. The minimum Gasteiger partial charge on any atom is -0.481 e. The van der Waals surface area contributed by atoms with Crippen LogP contribution in [0.15, 0.2) is 0 Å². The molecule has 0 aliphatic heterocycles. The van der Waals surface area contributed by atoms with E-state index >= 15 is 0 Å². The molecule has 1 aliphatic rings. The molecule has 0 spiro atoms. The second-order valence-corrected chi connectivity index (χ2v) is 6.49. The Kier molecular flexibility index (Phi) is 4.37. The van der Waals surface area contributed by atoms with Gasteiger partial charge in [-0.15, -0.1) is 0 Å². The number of amides is 1.